The largest absolute Gasteiger partial charge is 0.497 e. The van der Waals surface area contributed by atoms with E-state index in [1.807, 2.05) is 18.2 Å². The summed E-state index contributed by atoms with van der Waals surface area (Å²) in [6, 6.07) is 29.5. The highest BCUT2D eigenvalue weighted by molar-refractivity contribution is 7.99. The van der Waals surface area contributed by atoms with Gasteiger partial charge in [-0.05, 0) is 84.9 Å². The third kappa shape index (κ3) is 7.52. The zero-order valence-corrected chi connectivity index (χ0v) is 21.7. The standard InChI is InChI=1S/C28H26N2O5S2/c1-34-24-15-9-23(10-16-24)30-37(32,33)27-17-11-22(12-18-27)29-28(31)21-7-13-25(14-8-21)35-19-20-36-26-5-3-2-4-6-26/h2-18,30H,19-20H2,1H3,(H,29,31). The Hall–Kier alpha value is -3.95. The zero-order valence-electron chi connectivity index (χ0n) is 20.1. The summed E-state index contributed by atoms with van der Waals surface area (Å²) in [6.45, 7) is 0.549. The molecule has 4 rings (SSSR count). The van der Waals surface area contributed by atoms with Crippen LogP contribution in [0.3, 0.4) is 0 Å². The van der Waals surface area contributed by atoms with E-state index in [2.05, 4.69) is 22.2 Å². The van der Waals surface area contributed by atoms with E-state index >= 15 is 0 Å². The molecule has 0 aliphatic heterocycles. The highest BCUT2D eigenvalue weighted by Crippen LogP contribution is 2.22. The van der Waals surface area contributed by atoms with Crippen LogP contribution in [0.15, 0.2) is 113 Å². The molecule has 2 N–H and O–H groups in total. The smallest absolute Gasteiger partial charge is 0.261 e. The van der Waals surface area contributed by atoms with Crippen LogP contribution >= 0.6 is 11.8 Å². The van der Waals surface area contributed by atoms with Gasteiger partial charge in [0.1, 0.15) is 11.5 Å². The van der Waals surface area contributed by atoms with Crippen LogP contribution in [0.2, 0.25) is 0 Å². The van der Waals surface area contributed by atoms with Gasteiger partial charge in [-0.1, -0.05) is 18.2 Å². The number of ether oxygens (including phenoxy) is 2. The minimum atomic E-state index is -3.78. The van der Waals surface area contributed by atoms with Gasteiger partial charge in [0.2, 0.25) is 0 Å². The first kappa shape index (κ1) is 26.1. The van der Waals surface area contributed by atoms with Crippen molar-refractivity contribution in [1.29, 1.82) is 0 Å². The zero-order chi connectivity index (χ0) is 26.1. The van der Waals surface area contributed by atoms with Crippen LogP contribution in [-0.4, -0.2) is 33.8 Å². The van der Waals surface area contributed by atoms with E-state index in [0.717, 1.165) is 5.75 Å². The van der Waals surface area contributed by atoms with Crippen LogP contribution in [0.25, 0.3) is 0 Å². The summed E-state index contributed by atoms with van der Waals surface area (Å²) in [4.78, 5) is 13.9. The summed E-state index contributed by atoms with van der Waals surface area (Å²) in [5, 5.41) is 2.78. The Balaban J connectivity index is 1.28. The summed E-state index contributed by atoms with van der Waals surface area (Å²) in [7, 11) is -2.24. The van der Waals surface area contributed by atoms with Crippen molar-refractivity contribution in [3.05, 3.63) is 109 Å². The Labute approximate surface area is 220 Å². The number of anilines is 2. The van der Waals surface area contributed by atoms with Crippen LogP contribution < -0.4 is 19.5 Å². The van der Waals surface area contributed by atoms with E-state index in [9.17, 15) is 13.2 Å². The second kappa shape index (κ2) is 12.3. The molecule has 1 amide bonds. The van der Waals surface area contributed by atoms with Gasteiger partial charge in [-0.25, -0.2) is 8.42 Å². The van der Waals surface area contributed by atoms with Gasteiger partial charge >= 0.3 is 0 Å². The van der Waals surface area contributed by atoms with Crippen molar-refractivity contribution < 1.29 is 22.7 Å². The van der Waals surface area contributed by atoms with Gasteiger partial charge < -0.3 is 14.8 Å². The molecule has 0 spiro atoms. The van der Waals surface area contributed by atoms with E-state index in [-0.39, 0.29) is 10.8 Å². The third-order valence-corrected chi connectivity index (χ3v) is 7.62. The van der Waals surface area contributed by atoms with Crippen molar-refractivity contribution in [1.82, 2.24) is 0 Å². The van der Waals surface area contributed by atoms with Gasteiger partial charge in [0.15, 0.2) is 0 Å². The molecule has 0 saturated carbocycles. The maximum atomic E-state index is 12.7. The molecule has 0 atom stereocenters. The summed E-state index contributed by atoms with van der Waals surface area (Å²) in [5.74, 6) is 1.82. The van der Waals surface area contributed by atoms with Crippen molar-refractivity contribution in [2.24, 2.45) is 0 Å². The fourth-order valence-corrected chi connectivity index (χ4v) is 5.14. The van der Waals surface area contributed by atoms with Crippen molar-refractivity contribution >= 4 is 39.1 Å². The molecule has 0 bridgehead atoms. The van der Waals surface area contributed by atoms with E-state index in [1.165, 1.54) is 24.1 Å². The van der Waals surface area contributed by atoms with Crippen molar-refractivity contribution in [3.63, 3.8) is 0 Å². The topological polar surface area (TPSA) is 93.7 Å². The number of nitrogens with one attached hydrogen (secondary N) is 2. The number of carbonyl (C=O) groups excluding carboxylic acids is 1. The molecular formula is C28H26N2O5S2. The van der Waals surface area contributed by atoms with Crippen LogP contribution in [-0.2, 0) is 10.0 Å². The number of sulfonamides is 1. The Morgan fingerprint density at radius 3 is 2.05 bits per heavy atom. The quantitative estimate of drug-likeness (QED) is 0.183. The predicted octanol–water partition coefficient (Wildman–Crippen LogP) is 5.92. The maximum absolute atomic E-state index is 12.7. The molecule has 37 heavy (non-hydrogen) atoms. The second-order valence-electron chi connectivity index (χ2n) is 7.85. The van der Waals surface area contributed by atoms with Crippen LogP contribution in [0.1, 0.15) is 10.4 Å². The van der Waals surface area contributed by atoms with Crippen molar-refractivity contribution in [2.75, 3.05) is 29.5 Å². The first-order valence-corrected chi connectivity index (χ1v) is 13.9. The highest BCUT2D eigenvalue weighted by Gasteiger charge is 2.15. The Morgan fingerprint density at radius 1 is 0.784 bits per heavy atom. The number of carbonyl (C=O) groups is 1. The van der Waals surface area contributed by atoms with Crippen LogP contribution in [0.4, 0.5) is 11.4 Å². The molecule has 4 aromatic carbocycles. The fourth-order valence-electron chi connectivity index (χ4n) is 3.33. The Morgan fingerprint density at radius 2 is 1.41 bits per heavy atom. The molecule has 0 aliphatic rings. The van der Waals surface area contributed by atoms with Crippen molar-refractivity contribution in [3.8, 4) is 11.5 Å². The molecule has 0 aromatic heterocycles. The normalized spacial score (nSPS) is 10.9. The summed E-state index contributed by atoms with van der Waals surface area (Å²) >= 11 is 1.72. The van der Waals surface area contributed by atoms with E-state index in [4.69, 9.17) is 9.47 Å². The lowest BCUT2D eigenvalue weighted by molar-refractivity contribution is 0.102. The monoisotopic (exact) mass is 534 g/mol. The maximum Gasteiger partial charge on any atom is 0.261 e. The summed E-state index contributed by atoms with van der Waals surface area (Å²) in [5.41, 5.74) is 1.36. The Bertz CT molecular complexity index is 1410. The SMILES string of the molecule is COc1ccc(NS(=O)(=O)c2ccc(NC(=O)c3ccc(OCCSc4ccccc4)cc3)cc2)cc1. The van der Waals surface area contributed by atoms with E-state index < -0.39 is 10.0 Å². The van der Waals surface area contributed by atoms with Gasteiger partial charge in [-0.15, -0.1) is 11.8 Å². The number of hydrogen-bond donors (Lipinski definition) is 2. The first-order chi connectivity index (χ1) is 17.9. The minimum absolute atomic E-state index is 0.0771. The fraction of sp³-hybridized carbons (Fsp3) is 0.107. The average molecular weight is 535 g/mol. The molecule has 0 saturated heterocycles. The molecule has 4 aromatic rings. The number of hydrogen-bond acceptors (Lipinski definition) is 6. The lowest BCUT2D eigenvalue weighted by Crippen LogP contribution is -2.14. The summed E-state index contributed by atoms with van der Waals surface area (Å²) < 4.78 is 38.7. The molecule has 9 heteroatoms. The van der Waals surface area contributed by atoms with Gasteiger partial charge in [0.25, 0.3) is 15.9 Å². The number of thioether (sulfide) groups is 1. The van der Waals surface area contributed by atoms with Gasteiger partial charge in [-0.2, -0.15) is 0 Å². The minimum Gasteiger partial charge on any atom is -0.497 e. The lowest BCUT2D eigenvalue weighted by atomic mass is 10.2. The van der Waals surface area contributed by atoms with Crippen LogP contribution in [0, 0.1) is 0 Å². The van der Waals surface area contributed by atoms with Gasteiger partial charge in [-0.3, -0.25) is 9.52 Å². The van der Waals surface area contributed by atoms with E-state index in [0.29, 0.717) is 35.0 Å². The van der Waals surface area contributed by atoms with Crippen LogP contribution in [0.5, 0.6) is 11.5 Å². The molecule has 0 unspecified atom stereocenters. The molecule has 0 aliphatic carbocycles. The molecule has 0 radical (unpaired) electrons. The van der Waals surface area contributed by atoms with Gasteiger partial charge in [0.05, 0.1) is 18.6 Å². The number of methoxy groups -OCH3 is 1. The molecule has 0 fully saturated rings. The summed E-state index contributed by atoms with van der Waals surface area (Å²) in [6.07, 6.45) is 0. The van der Waals surface area contributed by atoms with Crippen molar-refractivity contribution in [2.45, 2.75) is 9.79 Å². The van der Waals surface area contributed by atoms with Gasteiger partial charge in [0, 0.05) is 27.6 Å². The number of benzene rings is 4. The molecule has 190 valence electrons. The molecule has 7 nitrogen and oxygen atoms in total. The first-order valence-electron chi connectivity index (χ1n) is 11.4. The molecule has 0 heterocycles. The second-order valence-corrected chi connectivity index (χ2v) is 10.7. The predicted molar refractivity (Wildman–Crippen MR) is 147 cm³/mol. The average Bonchev–Trinajstić information content (AvgIpc) is 2.92. The van der Waals surface area contributed by atoms with E-state index in [1.54, 1.807) is 72.4 Å². The third-order valence-electron chi connectivity index (χ3n) is 5.25. The number of rotatable bonds is 11. The number of amides is 1. The highest BCUT2D eigenvalue weighted by atomic mass is 32.2. The lowest BCUT2D eigenvalue weighted by Gasteiger charge is -2.10. The molecular weight excluding hydrogens is 508 g/mol. The Kier molecular flexibility index (Phi) is 8.71.